The number of allylic oxidation sites excluding steroid dienone is 2. The first-order valence-electron chi connectivity index (χ1n) is 5.08. The monoisotopic (exact) mass is 186 g/mol. The summed E-state index contributed by atoms with van der Waals surface area (Å²) in [6.07, 6.45) is 3.98. The molecule has 74 valence electrons. The molecule has 0 rings (SSSR count). The Balaban J connectivity index is 4.11. The van der Waals surface area contributed by atoms with E-state index in [-0.39, 0.29) is 0 Å². The third kappa shape index (κ3) is 6.15. The number of hydrogen-bond acceptors (Lipinski definition) is 0. The fourth-order valence-electron chi connectivity index (χ4n) is 0.739. The quantitative estimate of drug-likeness (QED) is 0.465. The Hall–Kier alpha value is -1.40. The lowest BCUT2D eigenvalue weighted by molar-refractivity contribution is 0.982. The van der Waals surface area contributed by atoms with E-state index in [1.165, 1.54) is 0 Å². The number of hydrogen-bond donors (Lipinski definition) is 0. The molecule has 0 aromatic heterocycles. The van der Waals surface area contributed by atoms with Gasteiger partial charge in [0.15, 0.2) is 0 Å². The van der Waals surface area contributed by atoms with Crippen LogP contribution >= 0.6 is 0 Å². The van der Waals surface area contributed by atoms with Crippen LogP contribution < -0.4 is 0 Å². The van der Waals surface area contributed by atoms with Crippen molar-refractivity contribution in [2.24, 2.45) is 0 Å². The van der Waals surface area contributed by atoms with Crippen LogP contribution in [0.3, 0.4) is 0 Å². The molecule has 0 aliphatic rings. The molecule has 0 bridgehead atoms. The van der Waals surface area contributed by atoms with Gasteiger partial charge in [0.05, 0.1) is 0 Å². The molecule has 0 nitrogen and oxygen atoms in total. The molecule has 0 N–H and O–H groups in total. The zero-order chi connectivity index (χ0) is 10.8. The molecule has 0 radical (unpaired) electrons. The summed E-state index contributed by atoms with van der Waals surface area (Å²) in [7, 11) is 0. The molecule has 0 heterocycles. The van der Waals surface area contributed by atoms with Crippen molar-refractivity contribution in [2.45, 2.75) is 39.5 Å². The van der Waals surface area contributed by atoms with Crippen molar-refractivity contribution in [1.29, 1.82) is 0 Å². The first-order chi connectivity index (χ1) is 6.72. The van der Waals surface area contributed by atoms with E-state index >= 15 is 0 Å². The highest BCUT2D eigenvalue weighted by Gasteiger charge is 1.89. The standard InChI is InChI=1S/C14H18/c1-5-7-9-11-13(3)14(4)12-10-8-6-2/h3-8H2,1-2H3. The van der Waals surface area contributed by atoms with Crippen LogP contribution in [0.25, 0.3) is 0 Å². The fraction of sp³-hybridized carbons (Fsp3) is 0.429. The highest BCUT2D eigenvalue weighted by molar-refractivity contribution is 5.51. The summed E-state index contributed by atoms with van der Waals surface area (Å²) in [5, 5.41) is 0. The number of rotatable bonds is 3. The third-order valence-corrected chi connectivity index (χ3v) is 1.59. The van der Waals surface area contributed by atoms with Crippen LogP contribution in [0, 0.1) is 23.7 Å². The van der Waals surface area contributed by atoms with Crippen molar-refractivity contribution >= 4 is 0 Å². The molecular formula is C14H18. The van der Waals surface area contributed by atoms with E-state index < -0.39 is 0 Å². The van der Waals surface area contributed by atoms with Gasteiger partial charge >= 0.3 is 0 Å². The van der Waals surface area contributed by atoms with E-state index in [1.807, 2.05) is 0 Å². The molecule has 0 unspecified atom stereocenters. The van der Waals surface area contributed by atoms with Gasteiger partial charge in [0.25, 0.3) is 0 Å². The Morgan fingerprint density at radius 2 is 1.21 bits per heavy atom. The first kappa shape index (κ1) is 12.6. The van der Waals surface area contributed by atoms with Crippen LogP contribution in [0.2, 0.25) is 0 Å². The first-order valence-corrected chi connectivity index (χ1v) is 5.08. The second kappa shape index (κ2) is 8.21. The van der Waals surface area contributed by atoms with Gasteiger partial charge in [0.2, 0.25) is 0 Å². The maximum Gasteiger partial charge on any atom is 0.0324 e. The van der Waals surface area contributed by atoms with Gasteiger partial charge < -0.3 is 0 Å². The zero-order valence-electron chi connectivity index (χ0n) is 9.24. The molecule has 0 atom stereocenters. The summed E-state index contributed by atoms with van der Waals surface area (Å²) in [6.45, 7) is 11.9. The van der Waals surface area contributed by atoms with E-state index in [4.69, 9.17) is 0 Å². The maximum absolute atomic E-state index is 3.83. The summed E-state index contributed by atoms with van der Waals surface area (Å²) in [4.78, 5) is 0. The van der Waals surface area contributed by atoms with Gasteiger partial charge in [-0.25, -0.2) is 0 Å². The highest BCUT2D eigenvalue weighted by atomic mass is 13.9. The predicted octanol–water partition coefficient (Wildman–Crippen LogP) is 3.71. The van der Waals surface area contributed by atoms with Gasteiger partial charge in [-0.3, -0.25) is 0 Å². The lowest BCUT2D eigenvalue weighted by Crippen LogP contribution is -1.79. The minimum absolute atomic E-state index is 0.752. The summed E-state index contributed by atoms with van der Waals surface area (Å²) in [5.41, 5.74) is 1.50. The lowest BCUT2D eigenvalue weighted by Gasteiger charge is -1.91. The molecule has 0 amide bonds. The fourth-order valence-corrected chi connectivity index (χ4v) is 0.739. The van der Waals surface area contributed by atoms with Crippen molar-refractivity contribution in [2.75, 3.05) is 0 Å². The molecule has 0 aliphatic heterocycles. The topological polar surface area (TPSA) is 0 Å². The van der Waals surface area contributed by atoms with Gasteiger partial charge in [0, 0.05) is 24.0 Å². The zero-order valence-corrected chi connectivity index (χ0v) is 9.24. The Labute approximate surface area is 88.1 Å². The molecule has 0 saturated carbocycles. The van der Waals surface area contributed by atoms with E-state index in [9.17, 15) is 0 Å². The lowest BCUT2D eigenvalue weighted by atomic mass is 10.1. The largest absolute Gasteiger partial charge is 0.0979 e. The summed E-state index contributed by atoms with van der Waals surface area (Å²) in [6, 6.07) is 0. The smallest absolute Gasteiger partial charge is 0.0324 e. The van der Waals surface area contributed by atoms with Crippen molar-refractivity contribution in [1.82, 2.24) is 0 Å². The van der Waals surface area contributed by atoms with E-state index in [0.29, 0.717) is 0 Å². The van der Waals surface area contributed by atoms with Crippen LogP contribution in [0.5, 0.6) is 0 Å². The molecule has 0 aliphatic carbocycles. The molecule has 0 aromatic carbocycles. The van der Waals surface area contributed by atoms with E-state index in [0.717, 1.165) is 36.8 Å². The number of unbranched alkanes of at least 4 members (excludes halogenated alkanes) is 2. The van der Waals surface area contributed by atoms with Crippen molar-refractivity contribution in [3.05, 3.63) is 24.3 Å². The average molecular weight is 186 g/mol. The Bertz CT molecular complexity index is 275. The minimum Gasteiger partial charge on any atom is -0.0979 e. The van der Waals surface area contributed by atoms with E-state index in [1.54, 1.807) is 0 Å². The summed E-state index contributed by atoms with van der Waals surface area (Å²) >= 11 is 0. The van der Waals surface area contributed by atoms with Gasteiger partial charge in [-0.15, -0.1) is 0 Å². The Morgan fingerprint density at radius 3 is 1.50 bits per heavy atom. The minimum atomic E-state index is 0.752. The second-order valence-corrected chi connectivity index (χ2v) is 3.06. The molecule has 0 spiro atoms. The van der Waals surface area contributed by atoms with Gasteiger partial charge in [-0.1, -0.05) is 50.7 Å². The Morgan fingerprint density at radius 1 is 0.857 bits per heavy atom. The highest BCUT2D eigenvalue weighted by Crippen LogP contribution is 2.02. The van der Waals surface area contributed by atoms with Crippen LogP contribution in [-0.4, -0.2) is 0 Å². The van der Waals surface area contributed by atoms with Crippen LogP contribution in [0.4, 0.5) is 0 Å². The van der Waals surface area contributed by atoms with Crippen LogP contribution in [0.1, 0.15) is 39.5 Å². The van der Waals surface area contributed by atoms with Crippen LogP contribution in [0.15, 0.2) is 24.3 Å². The van der Waals surface area contributed by atoms with Crippen LogP contribution in [-0.2, 0) is 0 Å². The van der Waals surface area contributed by atoms with Gasteiger partial charge in [-0.05, 0) is 12.8 Å². The Kier molecular flexibility index (Phi) is 7.39. The molecular weight excluding hydrogens is 168 g/mol. The van der Waals surface area contributed by atoms with Crippen molar-refractivity contribution < 1.29 is 0 Å². The molecule has 0 saturated heterocycles. The summed E-state index contributed by atoms with van der Waals surface area (Å²) in [5.74, 6) is 12.0. The SMILES string of the molecule is C=C(C#CCCC)C(=C)C#CCCC. The third-order valence-electron chi connectivity index (χ3n) is 1.59. The normalized spacial score (nSPS) is 7.86. The maximum atomic E-state index is 3.83. The second-order valence-electron chi connectivity index (χ2n) is 3.06. The van der Waals surface area contributed by atoms with Gasteiger partial charge in [-0.2, -0.15) is 0 Å². The summed E-state index contributed by atoms with van der Waals surface area (Å²) < 4.78 is 0. The van der Waals surface area contributed by atoms with Crippen molar-refractivity contribution in [3.63, 3.8) is 0 Å². The molecule has 0 heteroatoms. The predicted molar refractivity (Wildman–Crippen MR) is 63.6 cm³/mol. The van der Waals surface area contributed by atoms with Gasteiger partial charge in [0.1, 0.15) is 0 Å². The molecule has 0 fully saturated rings. The molecule has 0 aromatic rings. The molecule has 14 heavy (non-hydrogen) atoms. The van der Waals surface area contributed by atoms with Crippen molar-refractivity contribution in [3.8, 4) is 23.7 Å². The van der Waals surface area contributed by atoms with E-state index in [2.05, 4.69) is 50.7 Å². The average Bonchev–Trinajstić information content (AvgIpc) is 2.18.